The molecule has 25 heavy (non-hydrogen) atoms. The van der Waals surface area contributed by atoms with Gasteiger partial charge in [0.25, 0.3) is 0 Å². The third kappa shape index (κ3) is 3.13. The summed E-state index contributed by atoms with van der Waals surface area (Å²) in [5.41, 5.74) is 3.57. The van der Waals surface area contributed by atoms with Gasteiger partial charge in [0, 0.05) is 25.2 Å². The van der Waals surface area contributed by atoms with E-state index in [4.69, 9.17) is 0 Å². The summed E-state index contributed by atoms with van der Waals surface area (Å²) >= 11 is 0. The number of anilines is 1. The van der Waals surface area contributed by atoms with Crippen molar-refractivity contribution < 1.29 is 14.4 Å². The molecule has 0 saturated carbocycles. The minimum Gasteiger partial charge on any atom is -0.354 e. The Kier molecular flexibility index (Phi) is 4.19. The fourth-order valence-corrected chi connectivity index (χ4v) is 4.06. The van der Waals surface area contributed by atoms with E-state index < -0.39 is 12.0 Å². The van der Waals surface area contributed by atoms with Crippen molar-refractivity contribution in [3.05, 3.63) is 29.3 Å². The van der Waals surface area contributed by atoms with Gasteiger partial charge in [0.2, 0.25) is 17.7 Å². The molecule has 2 heterocycles. The number of nitrogens with zero attached hydrogens (tertiary/aromatic N) is 1. The van der Waals surface area contributed by atoms with Crippen LogP contribution < -0.4 is 15.5 Å². The van der Waals surface area contributed by atoms with Crippen molar-refractivity contribution in [2.75, 3.05) is 18.0 Å². The third-order valence-corrected chi connectivity index (χ3v) is 5.49. The molecule has 3 aliphatic rings. The van der Waals surface area contributed by atoms with Gasteiger partial charge in [0.05, 0.1) is 5.92 Å². The summed E-state index contributed by atoms with van der Waals surface area (Å²) in [6.07, 6.45) is 5.07. The van der Waals surface area contributed by atoms with E-state index in [0.717, 1.165) is 24.9 Å². The van der Waals surface area contributed by atoms with E-state index in [1.807, 2.05) is 6.07 Å². The van der Waals surface area contributed by atoms with Crippen LogP contribution in [0.3, 0.4) is 0 Å². The summed E-state index contributed by atoms with van der Waals surface area (Å²) in [5.74, 6) is -0.736. The summed E-state index contributed by atoms with van der Waals surface area (Å²) in [4.78, 5) is 38.4. The Labute approximate surface area is 147 Å². The highest BCUT2D eigenvalue weighted by Crippen LogP contribution is 2.30. The van der Waals surface area contributed by atoms with Crippen molar-refractivity contribution in [1.29, 1.82) is 0 Å². The zero-order valence-electron chi connectivity index (χ0n) is 14.2. The van der Waals surface area contributed by atoms with E-state index in [9.17, 15) is 14.4 Å². The van der Waals surface area contributed by atoms with Crippen LogP contribution in [0.4, 0.5) is 5.69 Å². The number of hydrogen-bond donors (Lipinski definition) is 2. The summed E-state index contributed by atoms with van der Waals surface area (Å²) in [6.45, 7) is 1.05. The SMILES string of the molecule is O=C(N[C@@H]1CCCNC1=O)[C@@H]1CC(=O)N(c2ccc3c(c2)CCC3)C1. The van der Waals surface area contributed by atoms with E-state index >= 15 is 0 Å². The Bertz CT molecular complexity index is 731. The van der Waals surface area contributed by atoms with Gasteiger partial charge in [0.15, 0.2) is 0 Å². The van der Waals surface area contributed by atoms with Gasteiger partial charge in [-0.15, -0.1) is 0 Å². The van der Waals surface area contributed by atoms with Crippen LogP contribution in [0.2, 0.25) is 0 Å². The maximum absolute atomic E-state index is 12.5. The predicted octanol–water partition coefficient (Wildman–Crippen LogP) is 0.923. The molecule has 1 aromatic rings. The Morgan fingerprint density at radius 1 is 1.16 bits per heavy atom. The molecule has 2 N–H and O–H groups in total. The van der Waals surface area contributed by atoms with Crippen LogP contribution in [0.1, 0.15) is 36.8 Å². The molecule has 0 bridgehead atoms. The maximum atomic E-state index is 12.5. The second-order valence-electron chi connectivity index (χ2n) is 7.21. The molecule has 4 rings (SSSR count). The number of carbonyl (C=O) groups is 3. The van der Waals surface area contributed by atoms with Crippen molar-refractivity contribution in [3.8, 4) is 0 Å². The van der Waals surface area contributed by atoms with Crippen LogP contribution in [0.5, 0.6) is 0 Å². The average Bonchev–Trinajstić information content (AvgIpc) is 3.22. The third-order valence-electron chi connectivity index (χ3n) is 5.49. The van der Waals surface area contributed by atoms with E-state index in [0.29, 0.717) is 19.5 Å². The van der Waals surface area contributed by atoms with Gasteiger partial charge in [-0.1, -0.05) is 6.07 Å². The van der Waals surface area contributed by atoms with E-state index in [1.54, 1.807) is 4.90 Å². The minimum atomic E-state index is -0.467. The number of piperidine rings is 1. The molecule has 0 radical (unpaired) electrons. The summed E-state index contributed by atoms with van der Waals surface area (Å²) in [6, 6.07) is 5.71. The lowest BCUT2D eigenvalue weighted by Crippen LogP contribution is -2.51. The van der Waals surface area contributed by atoms with Gasteiger partial charge >= 0.3 is 0 Å². The lowest BCUT2D eigenvalue weighted by Gasteiger charge is -2.24. The topological polar surface area (TPSA) is 78.5 Å². The smallest absolute Gasteiger partial charge is 0.242 e. The number of hydrogen-bond acceptors (Lipinski definition) is 3. The summed E-state index contributed by atoms with van der Waals surface area (Å²) in [7, 11) is 0. The molecule has 1 aromatic carbocycles. The predicted molar refractivity (Wildman–Crippen MR) is 93.1 cm³/mol. The van der Waals surface area contributed by atoms with Crippen molar-refractivity contribution in [3.63, 3.8) is 0 Å². The molecule has 6 heteroatoms. The average molecular weight is 341 g/mol. The normalized spacial score (nSPS) is 25.7. The first-order valence-corrected chi connectivity index (χ1v) is 9.12. The standard InChI is InChI=1S/C19H23N3O3/c23-17-10-14(18(24)21-16-5-2-8-20-19(16)25)11-22(17)15-7-6-12-3-1-4-13(12)9-15/h6-7,9,14,16H,1-5,8,10-11H2,(H,20,25)(H,21,24)/t14-,16-/m1/s1. The van der Waals surface area contributed by atoms with Gasteiger partial charge in [-0.25, -0.2) is 0 Å². The van der Waals surface area contributed by atoms with Gasteiger partial charge < -0.3 is 15.5 Å². The quantitative estimate of drug-likeness (QED) is 0.858. The zero-order valence-corrected chi connectivity index (χ0v) is 14.2. The van der Waals surface area contributed by atoms with Crippen LogP contribution in [0.15, 0.2) is 18.2 Å². The van der Waals surface area contributed by atoms with Crippen molar-refractivity contribution in [2.24, 2.45) is 5.92 Å². The van der Waals surface area contributed by atoms with E-state index in [-0.39, 0.29) is 24.1 Å². The van der Waals surface area contributed by atoms with Crippen molar-refractivity contribution in [2.45, 2.75) is 44.6 Å². The van der Waals surface area contributed by atoms with Crippen molar-refractivity contribution >= 4 is 23.4 Å². The Morgan fingerprint density at radius 2 is 2.00 bits per heavy atom. The number of rotatable bonds is 3. The molecule has 1 aliphatic carbocycles. The number of amides is 3. The lowest BCUT2D eigenvalue weighted by atomic mass is 10.0. The first-order chi connectivity index (χ1) is 12.1. The second-order valence-corrected chi connectivity index (χ2v) is 7.21. The summed E-state index contributed by atoms with van der Waals surface area (Å²) in [5, 5.41) is 5.58. The number of nitrogens with one attached hydrogen (secondary N) is 2. The molecule has 2 saturated heterocycles. The molecule has 3 amide bonds. The molecule has 0 spiro atoms. The maximum Gasteiger partial charge on any atom is 0.242 e. The fraction of sp³-hybridized carbons (Fsp3) is 0.526. The van der Waals surface area contributed by atoms with Crippen LogP contribution >= 0.6 is 0 Å². The molecule has 0 unspecified atom stereocenters. The highest BCUT2D eigenvalue weighted by atomic mass is 16.2. The first-order valence-electron chi connectivity index (χ1n) is 9.12. The van der Waals surface area contributed by atoms with Gasteiger partial charge in [-0.3, -0.25) is 14.4 Å². The molecule has 6 nitrogen and oxygen atoms in total. The van der Waals surface area contributed by atoms with E-state index in [2.05, 4.69) is 22.8 Å². The largest absolute Gasteiger partial charge is 0.354 e. The molecular weight excluding hydrogens is 318 g/mol. The number of fused-ring (bicyclic) bond motifs is 1. The molecule has 132 valence electrons. The van der Waals surface area contributed by atoms with Gasteiger partial charge in [0.1, 0.15) is 6.04 Å². The van der Waals surface area contributed by atoms with Crippen LogP contribution in [-0.2, 0) is 27.2 Å². The Hall–Kier alpha value is -2.37. The van der Waals surface area contributed by atoms with Crippen LogP contribution in [-0.4, -0.2) is 36.9 Å². The Morgan fingerprint density at radius 3 is 2.84 bits per heavy atom. The zero-order chi connectivity index (χ0) is 17.4. The fourth-order valence-electron chi connectivity index (χ4n) is 4.06. The number of aryl methyl sites for hydroxylation is 2. The molecule has 0 aromatic heterocycles. The molecule has 2 fully saturated rings. The lowest BCUT2D eigenvalue weighted by molar-refractivity contribution is -0.132. The van der Waals surface area contributed by atoms with E-state index in [1.165, 1.54) is 17.5 Å². The highest BCUT2D eigenvalue weighted by molar-refractivity contribution is 6.01. The Balaban J connectivity index is 1.43. The van der Waals surface area contributed by atoms with Gasteiger partial charge in [-0.2, -0.15) is 0 Å². The van der Waals surface area contributed by atoms with Crippen LogP contribution in [0.25, 0.3) is 0 Å². The highest BCUT2D eigenvalue weighted by Gasteiger charge is 2.37. The second kappa shape index (κ2) is 6.50. The minimum absolute atomic E-state index is 0.0220. The molecule has 2 atom stereocenters. The van der Waals surface area contributed by atoms with Crippen molar-refractivity contribution in [1.82, 2.24) is 10.6 Å². The van der Waals surface area contributed by atoms with Gasteiger partial charge in [-0.05, 0) is 55.4 Å². The molecular formula is C19H23N3O3. The molecule has 2 aliphatic heterocycles. The monoisotopic (exact) mass is 341 g/mol. The van der Waals surface area contributed by atoms with Crippen LogP contribution in [0, 0.1) is 5.92 Å². The number of carbonyl (C=O) groups excluding carboxylic acids is 3. The number of benzene rings is 1. The first kappa shape index (κ1) is 16.1. The summed E-state index contributed by atoms with van der Waals surface area (Å²) < 4.78 is 0.